The standard InChI is InChI=1S/C11H15NO2/c12-10-6-7-13-8-11(10)14-9-4-2-1-3-5-9/h1-5,10-11H,6-8,12H2. The summed E-state index contributed by atoms with van der Waals surface area (Å²) in [4.78, 5) is 0. The van der Waals surface area contributed by atoms with E-state index in [1.807, 2.05) is 30.3 Å². The maximum atomic E-state index is 5.92. The van der Waals surface area contributed by atoms with E-state index >= 15 is 0 Å². The molecule has 1 saturated heterocycles. The molecule has 0 amide bonds. The van der Waals surface area contributed by atoms with Gasteiger partial charge in [0.25, 0.3) is 0 Å². The quantitative estimate of drug-likeness (QED) is 0.767. The average Bonchev–Trinajstić information content (AvgIpc) is 2.23. The van der Waals surface area contributed by atoms with E-state index in [0.29, 0.717) is 6.61 Å². The number of benzene rings is 1. The van der Waals surface area contributed by atoms with Crippen molar-refractivity contribution in [3.63, 3.8) is 0 Å². The summed E-state index contributed by atoms with van der Waals surface area (Å²) in [5.74, 6) is 0.860. The molecule has 2 rings (SSSR count). The lowest BCUT2D eigenvalue weighted by Gasteiger charge is -2.29. The Balaban J connectivity index is 1.96. The highest BCUT2D eigenvalue weighted by molar-refractivity contribution is 5.21. The van der Waals surface area contributed by atoms with E-state index in [0.717, 1.165) is 18.8 Å². The van der Waals surface area contributed by atoms with Crippen molar-refractivity contribution < 1.29 is 9.47 Å². The second-order valence-electron chi connectivity index (χ2n) is 3.50. The van der Waals surface area contributed by atoms with Crippen molar-refractivity contribution in [1.29, 1.82) is 0 Å². The molecule has 2 N–H and O–H groups in total. The van der Waals surface area contributed by atoms with Crippen LogP contribution in [0.4, 0.5) is 0 Å². The van der Waals surface area contributed by atoms with Crippen LogP contribution in [0.1, 0.15) is 6.42 Å². The summed E-state index contributed by atoms with van der Waals surface area (Å²) in [6.07, 6.45) is 0.864. The lowest BCUT2D eigenvalue weighted by molar-refractivity contribution is -0.00531. The van der Waals surface area contributed by atoms with Gasteiger partial charge in [0.2, 0.25) is 0 Å². The van der Waals surface area contributed by atoms with Crippen molar-refractivity contribution >= 4 is 0 Å². The van der Waals surface area contributed by atoms with Gasteiger partial charge < -0.3 is 15.2 Å². The van der Waals surface area contributed by atoms with Crippen LogP contribution in [0, 0.1) is 0 Å². The molecule has 1 aliphatic heterocycles. The first-order valence-electron chi connectivity index (χ1n) is 4.91. The van der Waals surface area contributed by atoms with Crippen molar-refractivity contribution in [3.05, 3.63) is 30.3 Å². The topological polar surface area (TPSA) is 44.5 Å². The van der Waals surface area contributed by atoms with Gasteiger partial charge in [0.15, 0.2) is 0 Å². The fourth-order valence-corrected chi connectivity index (χ4v) is 1.52. The molecule has 0 aromatic heterocycles. The van der Waals surface area contributed by atoms with Crippen LogP contribution in [-0.2, 0) is 4.74 Å². The molecule has 1 aliphatic rings. The summed E-state index contributed by atoms with van der Waals surface area (Å²) in [6, 6.07) is 9.81. The predicted molar refractivity (Wildman–Crippen MR) is 54.3 cm³/mol. The van der Waals surface area contributed by atoms with Gasteiger partial charge >= 0.3 is 0 Å². The third-order valence-electron chi connectivity index (χ3n) is 2.39. The Labute approximate surface area is 83.8 Å². The van der Waals surface area contributed by atoms with Gasteiger partial charge in [0, 0.05) is 12.6 Å². The van der Waals surface area contributed by atoms with Gasteiger partial charge in [0.1, 0.15) is 11.9 Å². The van der Waals surface area contributed by atoms with Gasteiger partial charge in [-0.05, 0) is 18.6 Å². The molecule has 3 heteroatoms. The number of para-hydroxylation sites is 1. The highest BCUT2D eigenvalue weighted by Crippen LogP contribution is 2.15. The highest BCUT2D eigenvalue weighted by atomic mass is 16.5. The first kappa shape index (κ1) is 9.49. The summed E-state index contributed by atoms with van der Waals surface area (Å²) in [6.45, 7) is 1.34. The summed E-state index contributed by atoms with van der Waals surface area (Å²) in [7, 11) is 0. The van der Waals surface area contributed by atoms with Crippen LogP contribution >= 0.6 is 0 Å². The third kappa shape index (κ3) is 2.25. The molecular weight excluding hydrogens is 178 g/mol. The zero-order chi connectivity index (χ0) is 9.80. The molecule has 3 nitrogen and oxygen atoms in total. The zero-order valence-electron chi connectivity index (χ0n) is 8.06. The molecule has 1 aromatic rings. The molecule has 2 unspecified atom stereocenters. The highest BCUT2D eigenvalue weighted by Gasteiger charge is 2.23. The molecule has 14 heavy (non-hydrogen) atoms. The van der Waals surface area contributed by atoms with Crippen molar-refractivity contribution in [2.45, 2.75) is 18.6 Å². The Kier molecular flexibility index (Phi) is 3.01. The minimum atomic E-state index is -0.00819. The fraction of sp³-hybridized carbons (Fsp3) is 0.455. The van der Waals surface area contributed by atoms with Crippen molar-refractivity contribution in [2.24, 2.45) is 5.73 Å². The van der Waals surface area contributed by atoms with Crippen LogP contribution < -0.4 is 10.5 Å². The summed E-state index contributed by atoms with van der Waals surface area (Å²) < 4.78 is 11.0. The van der Waals surface area contributed by atoms with E-state index in [4.69, 9.17) is 15.2 Å². The summed E-state index contributed by atoms with van der Waals surface area (Å²) in [5, 5.41) is 0. The normalized spacial score (nSPS) is 27.2. The molecule has 76 valence electrons. The minimum Gasteiger partial charge on any atom is -0.486 e. The largest absolute Gasteiger partial charge is 0.486 e. The lowest BCUT2D eigenvalue weighted by Crippen LogP contribution is -2.46. The number of hydrogen-bond acceptors (Lipinski definition) is 3. The van der Waals surface area contributed by atoms with E-state index in [9.17, 15) is 0 Å². The maximum absolute atomic E-state index is 5.92. The maximum Gasteiger partial charge on any atom is 0.137 e. The molecule has 0 bridgehead atoms. The molecule has 0 spiro atoms. The molecule has 0 aliphatic carbocycles. The molecule has 2 atom stereocenters. The second kappa shape index (κ2) is 4.44. The number of nitrogens with two attached hydrogens (primary N) is 1. The van der Waals surface area contributed by atoms with E-state index in [1.165, 1.54) is 0 Å². The Morgan fingerprint density at radius 1 is 1.29 bits per heavy atom. The molecule has 1 aromatic carbocycles. The van der Waals surface area contributed by atoms with E-state index in [2.05, 4.69) is 0 Å². The van der Waals surface area contributed by atoms with Gasteiger partial charge in [0.05, 0.1) is 6.61 Å². The van der Waals surface area contributed by atoms with Crippen molar-refractivity contribution in [2.75, 3.05) is 13.2 Å². The number of rotatable bonds is 2. The van der Waals surface area contributed by atoms with Gasteiger partial charge in [-0.25, -0.2) is 0 Å². The fourth-order valence-electron chi connectivity index (χ4n) is 1.52. The molecule has 1 heterocycles. The van der Waals surface area contributed by atoms with Crippen LogP contribution in [0.5, 0.6) is 5.75 Å². The van der Waals surface area contributed by atoms with E-state index in [-0.39, 0.29) is 12.1 Å². The Morgan fingerprint density at radius 3 is 2.79 bits per heavy atom. The van der Waals surface area contributed by atoms with Crippen molar-refractivity contribution in [3.8, 4) is 5.75 Å². The molecular formula is C11H15NO2. The van der Waals surface area contributed by atoms with Gasteiger partial charge in [-0.3, -0.25) is 0 Å². The van der Waals surface area contributed by atoms with Gasteiger partial charge in [-0.1, -0.05) is 18.2 Å². The number of hydrogen-bond donors (Lipinski definition) is 1. The Morgan fingerprint density at radius 2 is 2.07 bits per heavy atom. The Bertz CT molecular complexity index is 276. The summed E-state index contributed by atoms with van der Waals surface area (Å²) >= 11 is 0. The van der Waals surface area contributed by atoms with Crippen LogP contribution in [0.15, 0.2) is 30.3 Å². The first-order valence-corrected chi connectivity index (χ1v) is 4.91. The van der Waals surface area contributed by atoms with Crippen LogP contribution in [-0.4, -0.2) is 25.4 Å². The molecule has 0 radical (unpaired) electrons. The SMILES string of the molecule is NC1CCOCC1Oc1ccccc1. The lowest BCUT2D eigenvalue weighted by atomic mass is 10.1. The smallest absolute Gasteiger partial charge is 0.137 e. The Hall–Kier alpha value is -1.06. The van der Waals surface area contributed by atoms with Gasteiger partial charge in [-0.2, -0.15) is 0 Å². The number of ether oxygens (including phenoxy) is 2. The molecule has 1 fully saturated rings. The third-order valence-corrected chi connectivity index (χ3v) is 2.39. The van der Waals surface area contributed by atoms with Gasteiger partial charge in [-0.15, -0.1) is 0 Å². The van der Waals surface area contributed by atoms with Crippen LogP contribution in [0.3, 0.4) is 0 Å². The van der Waals surface area contributed by atoms with Crippen molar-refractivity contribution in [1.82, 2.24) is 0 Å². The van der Waals surface area contributed by atoms with E-state index in [1.54, 1.807) is 0 Å². The van der Waals surface area contributed by atoms with Crippen LogP contribution in [0.2, 0.25) is 0 Å². The monoisotopic (exact) mass is 193 g/mol. The minimum absolute atomic E-state index is 0.00819. The first-order chi connectivity index (χ1) is 6.86. The predicted octanol–water partition coefficient (Wildman–Crippen LogP) is 1.18. The van der Waals surface area contributed by atoms with E-state index < -0.39 is 0 Å². The second-order valence-corrected chi connectivity index (χ2v) is 3.50. The summed E-state index contributed by atoms with van der Waals surface area (Å²) in [5.41, 5.74) is 5.92. The average molecular weight is 193 g/mol. The van der Waals surface area contributed by atoms with Crippen LogP contribution in [0.25, 0.3) is 0 Å². The molecule has 0 saturated carbocycles. The zero-order valence-corrected chi connectivity index (χ0v) is 8.06.